The zero-order valence-electron chi connectivity index (χ0n) is 6.90. The average molecular weight is 189 g/mol. The molecule has 0 saturated heterocycles. The molecule has 0 aromatic rings. The Bertz CT molecular complexity index is 225. The highest BCUT2D eigenvalue weighted by atomic mass is 16.4. The van der Waals surface area contributed by atoms with E-state index in [1.54, 1.807) is 0 Å². The third-order valence-corrected chi connectivity index (χ3v) is 1.40. The molecule has 6 heteroatoms. The first-order chi connectivity index (χ1) is 5.93. The number of aliphatic carboxylic acids is 2. The zero-order chi connectivity index (χ0) is 10.4. The van der Waals surface area contributed by atoms with Crippen LogP contribution in [0.1, 0.15) is 19.3 Å². The Morgan fingerprint density at radius 1 is 1.23 bits per heavy atom. The molecule has 0 spiro atoms. The summed E-state index contributed by atoms with van der Waals surface area (Å²) in [5.74, 6) is -2.92. The molecular weight excluding hydrogens is 178 g/mol. The van der Waals surface area contributed by atoms with Crippen molar-refractivity contribution in [3.63, 3.8) is 0 Å². The summed E-state index contributed by atoms with van der Waals surface area (Å²) in [4.78, 5) is 31.0. The standard InChI is InChI=1S/C7H11NO5/c8-5(7(12)13)2-1-4(9)3-6(10)11/h5H,1-3,8H2,(H,10,11)(H,12,13). The first kappa shape index (κ1) is 11.6. The van der Waals surface area contributed by atoms with Crippen LogP contribution in [0.3, 0.4) is 0 Å². The van der Waals surface area contributed by atoms with Gasteiger partial charge in [0.1, 0.15) is 18.2 Å². The number of nitrogens with two attached hydrogens (primary N) is 1. The summed E-state index contributed by atoms with van der Waals surface area (Å²) >= 11 is 0. The number of carboxylic acid groups (broad SMARTS) is 2. The molecular formula is C7H11NO5. The predicted molar refractivity (Wildman–Crippen MR) is 42.1 cm³/mol. The van der Waals surface area contributed by atoms with E-state index in [1.165, 1.54) is 0 Å². The van der Waals surface area contributed by atoms with Gasteiger partial charge in [-0.05, 0) is 6.42 Å². The fourth-order valence-corrected chi connectivity index (χ4v) is 0.697. The Morgan fingerprint density at radius 3 is 2.15 bits per heavy atom. The van der Waals surface area contributed by atoms with E-state index in [9.17, 15) is 14.4 Å². The van der Waals surface area contributed by atoms with E-state index >= 15 is 0 Å². The van der Waals surface area contributed by atoms with Crippen molar-refractivity contribution in [3.05, 3.63) is 0 Å². The fourth-order valence-electron chi connectivity index (χ4n) is 0.697. The summed E-state index contributed by atoms with van der Waals surface area (Å²) < 4.78 is 0. The van der Waals surface area contributed by atoms with Crippen LogP contribution in [-0.2, 0) is 14.4 Å². The summed E-state index contributed by atoms with van der Waals surface area (Å²) in [6, 6.07) is -1.10. The van der Waals surface area contributed by atoms with Crippen molar-refractivity contribution in [2.45, 2.75) is 25.3 Å². The normalized spacial score (nSPS) is 12.1. The first-order valence-corrected chi connectivity index (χ1v) is 3.65. The first-order valence-electron chi connectivity index (χ1n) is 3.65. The largest absolute Gasteiger partial charge is 0.481 e. The van der Waals surface area contributed by atoms with Crippen LogP contribution in [0.5, 0.6) is 0 Å². The van der Waals surface area contributed by atoms with E-state index in [-0.39, 0.29) is 12.8 Å². The average Bonchev–Trinajstić information content (AvgIpc) is 1.98. The zero-order valence-corrected chi connectivity index (χ0v) is 6.90. The molecule has 0 aromatic heterocycles. The molecule has 0 amide bonds. The van der Waals surface area contributed by atoms with Gasteiger partial charge in [-0.1, -0.05) is 0 Å². The minimum absolute atomic E-state index is 0.0263. The van der Waals surface area contributed by atoms with Crippen LogP contribution in [0.4, 0.5) is 0 Å². The molecule has 0 saturated carbocycles. The summed E-state index contributed by atoms with van der Waals surface area (Å²) in [6.07, 6.45) is -0.715. The second-order valence-corrected chi connectivity index (χ2v) is 2.59. The number of ketones is 1. The van der Waals surface area contributed by atoms with Crippen molar-refractivity contribution in [2.75, 3.05) is 0 Å². The molecule has 0 aliphatic rings. The molecule has 0 aromatic carbocycles. The van der Waals surface area contributed by atoms with Crippen LogP contribution >= 0.6 is 0 Å². The van der Waals surface area contributed by atoms with Crippen LogP contribution in [0.2, 0.25) is 0 Å². The minimum atomic E-state index is -1.21. The summed E-state index contributed by atoms with van der Waals surface area (Å²) in [6.45, 7) is 0. The van der Waals surface area contributed by atoms with Gasteiger partial charge in [-0.15, -0.1) is 0 Å². The van der Waals surface area contributed by atoms with Crippen LogP contribution in [0, 0.1) is 0 Å². The van der Waals surface area contributed by atoms with E-state index in [0.717, 1.165) is 0 Å². The van der Waals surface area contributed by atoms with Gasteiger partial charge in [-0.3, -0.25) is 14.4 Å². The lowest BCUT2D eigenvalue weighted by Crippen LogP contribution is -2.30. The van der Waals surface area contributed by atoms with Crippen molar-refractivity contribution in [2.24, 2.45) is 5.73 Å². The Hall–Kier alpha value is -1.43. The van der Waals surface area contributed by atoms with E-state index in [4.69, 9.17) is 15.9 Å². The number of Topliss-reactive ketones (excluding diaryl/α,β-unsaturated/α-hetero) is 1. The van der Waals surface area contributed by atoms with Gasteiger partial charge in [0.25, 0.3) is 0 Å². The van der Waals surface area contributed by atoms with Crippen molar-refractivity contribution in [1.82, 2.24) is 0 Å². The second-order valence-electron chi connectivity index (χ2n) is 2.59. The topological polar surface area (TPSA) is 118 Å². The summed E-state index contributed by atoms with van der Waals surface area (Å²) in [7, 11) is 0. The Labute approximate surface area is 74.3 Å². The number of hydrogen-bond acceptors (Lipinski definition) is 4. The van der Waals surface area contributed by atoms with Crippen LogP contribution in [0.15, 0.2) is 0 Å². The highest BCUT2D eigenvalue weighted by molar-refractivity contribution is 5.94. The number of carboxylic acids is 2. The Balaban J connectivity index is 3.70. The maximum Gasteiger partial charge on any atom is 0.320 e. The quantitative estimate of drug-likeness (QED) is 0.472. The number of carbonyl (C=O) groups is 3. The van der Waals surface area contributed by atoms with Crippen LogP contribution in [-0.4, -0.2) is 34.0 Å². The Morgan fingerprint density at radius 2 is 1.77 bits per heavy atom. The SMILES string of the molecule is NC(CCC(=O)CC(=O)O)C(=O)O. The molecule has 6 nitrogen and oxygen atoms in total. The van der Waals surface area contributed by atoms with Gasteiger partial charge in [0.2, 0.25) is 0 Å². The van der Waals surface area contributed by atoms with Gasteiger partial charge in [0.05, 0.1) is 0 Å². The lowest BCUT2D eigenvalue weighted by atomic mass is 10.1. The molecule has 4 N–H and O–H groups in total. The molecule has 1 unspecified atom stereocenters. The van der Waals surface area contributed by atoms with Crippen molar-refractivity contribution in [3.8, 4) is 0 Å². The molecule has 0 aliphatic heterocycles. The van der Waals surface area contributed by atoms with Gasteiger partial charge in [-0.2, -0.15) is 0 Å². The smallest absolute Gasteiger partial charge is 0.320 e. The van der Waals surface area contributed by atoms with Gasteiger partial charge in [0.15, 0.2) is 0 Å². The van der Waals surface area contributed by atoms with Gasteiger partial charge in [0, 0.05) is 6.42 Å². The van der Waals surface area contributed by atoms with Crippen LogP contribution in [0.25, 0.3) is 0 Å². The lowest BCUT2D eigenvalue weighted by Gasteiger charge is -2.03. The Kier molecular flexibility index (Phi) is 4.68. The molecule has 0 fully saturated rings. The molecule has 0 aliphatic carbocycles. The van der Waals surface area contributed by atoms with E-state index in [0.29, 0.717) is 0 Å². The lowest BCUT2D eigenvalue weighted by molar-refractivity contribution is -0.140. The van der Waals surface area contributed by atoms with Crippen molar-refractivity contribution in [1.29, 1.82) is 0 Å². The molecule has 0 rings (SSSR count). The predicted octanol–water partition coefficient (Wildman–Crippen LogP) is -0.778. The monoisotopic (exact) mass is 189 g/mol. The third-order valence-electron chi connectivity index (χ3n) is 1.40. The number of carbonyl (C=O) groups excluding carboxylic acids is 1. The second kappa shape index (κ2) is 5.26. The molecule has 0 bridgehead atoms. The van der Waals surface area contributed by atoms with E-state index < -0.39 is 30.2 Å². The van der Waals surface area contributed by atoms with Gasteiger partial charge < -0.3 is 15.9 Å². The highest BCUT2D eigenvalue weighted by Gasteiger charge is 2.14. The molecule has 74 valence electrons. The minimum Gasteiger partial charge on any atom is -0.481 e. The van der Waals surface area contributed by atoms with E-state index in [2.05, 4.69) is 0 Å². The number of hydrogen-bond donors (Lipinski definition) is 3. The molecule has 0 radical (unpaired) electrons. The highest BCUT2D eigenvalue weighted by Crippen LogP contribution is 1.98. The van der Waals surface area contributed by atoms with Crippen LogP contribution < -0.4 is 5.73 Å². The van der Waals surface area contributed by atoms with Gasteiger partial charge >= 0.3 is 11.9 Å². The van der Waals surface area contributed by atoms with Gasteiger partial charge in [-0.25, -0.2) is 0 Å². The fraction of sp³-hybridized carbons (Fsp3) is 0.571. The molecule has 0 heterocycles. The third kappa shape index (κ3) is 5.80. The van der Waals surface area contributed by atoms with E-state index in [1.807, 2.05) is 0 Å². The maximum atomic E-state index is 10.8. The maximum absolute atomic E-state index is 10.8. The van der Waals surface area contributed by atoms with Crippen molar-refractivity contribution >= 4 is 17.7 Å². The number of rotatable bonds is 6. The molecule has 1 atom stereocenters. The molecule has 13 heavy (non-hydrogen) atoms. The summed E-state index contributed by atoms with van der Waals surface area (Å²) in [5, 5.41) is 16.5. The van der Waals surface area contributed by atoms with Crippen molar-refractivity contribution < 1.29 is 24.6 Å². The summed E-state index contributed by atoms with van der Waals surface area (Å²) in [5.41, 5.74) is 5.10.